The van der Waals surface area contributed by atoms with Crippen LogP contribution in [0.2, 0.25) is 0 Å². The minimum atomic E-state index is -1.52. The molecular formula is C15H22ClNO6S. The Bertz CT molecular complexity index is 564. The molecule has 0 unspecified atom stereocenters. The number of hydrogen-bond donors (Lipinski definition) is 0. The molecule has 0 aliphatic carbocycles. The molecule has 7 nitrogen and oxygen atoms in total. The summed E-state index contributed by atoms with van der Waals surface area (Å²) in [5, 5.41) is -0.876. The number of thioether (sulfide) groups is 1. The number of β-lactam (4-membered cyclic amide) rings is 1. The van der Waals surface area contributed by atoms with Crippen molar-refractivity contribution in [3.63, 3.8) is 0 Å². The van der Waals surface area contributed by atoms with Crippen LogP contribution in [0.5, 0.6) is 0 Å². The minimum Gasteiger partial charge on any atom is -0.431 e. The molecular weight excluding hydrogens is 358 g/mol. The number of halogens is 1. The van der Waals surface area contributed by atoms with Crippen LogP contribution in [-0.4, -0.2) is 56.4 Å². The summed E-state index contributed by atoms with van der Waals surface area (Å²) in [6.45, 7) is 9.91. The fourth-order valence-electron chi connectivity index (χ4n) is 2.68. The highest BCUT2D eigenvalue weighted by atomic mass is 35.5. The largest absolute Gasteiger partial charge is 0.511 e. The van der Waals surface area contributed by atoms with E-state index in [9.17, 15) is 14.4 Å². The van der Waals surface area contributed by atoms with Gasteiger partial charge in [-0.05, 0) is 27.7 Å². The molecule has 24 heavy (non-hydrogen) atoms. The first kappa shape index (κ1) is 19.2. The zero-order valence-electron chi connectivity index (χ0n) is 14.5. The van der Waals surface area contributed by atoms with Gasteiger partial charge in [-0.25, -0.2) is 9.59 Å². The summed E-state index contributed by atoms with van der Waals surface area (Å²) in [7, 11) is 0. The van der Waals surface area contributed by atoms with Crippen molar-refractivity contribution in [2.24, 2.45) is 0 Å². The van der Waals surface area contributed by atoms with E-state index < -0.39 is 34.1 Å². The van der Waals surface area contributed by atoms with Crippen LogP contribution in [0.25, 0.3) is 0 Å². The lowest BCUT2D eigenvalue weighted by Crippen LogP contribution is -2.64. The van der Waals surface area contributed by atoms with Crippen LogP contribution in [0.4, 0.5) is 4.79 Å². The van der Waals surface area contributed by atoms with E-state index in [-0.39, 0.29) is 17.4 Å². The molecule has 136 valence electrons. The van der Waals surface area contributed by atoms with Crippen molar-refractivity contribution in [1.29, 1.82) is 0 Å². The number of nitrogens with zero attached hydrogens (tertiary/aromatic N) is 1. The van der Waals surface area contributed by atoms with E-state index in [2.05, 4.69) is 0 Å². The number of carbonyl (C=O) groups is 3. The maximum atomic E-state index is 12.6. The Balaban J connectivity index is 2.05. The summed E-state index contributed by atoms with van der Waals surface area (Å²) in [5.74, 6) is -2.45. The summed E-state index contributed by atoms with van der Waals surface area (Å²) in [4.78, 5) is 37.6. The van der Waals surface area contributed by atoms with Crippen LogP contribution in [0.15, 0.2) is 0 Å². The second-order valence-electron chi connectivity index (χ2n) is 7.00. The molecule has 1 amide bonds. The summed E-state index contributed by atoms with van der Waals surface area (Å²) in [6, 6.07) is -0.793. The lowest BCUT2D eigenvalue weighted by atomic mass is 9.98. The smallest absolute Gasteiger partial charge is 0.431 e. The number of esters is 1. The maximum absolute atomic E-state index is 12.6. The molecule has 0 saturated carbocycles. The van der Waals surface area contributed by atoms with Gasteiger partial charge in [0.1, 0.15) is 16.8 Å². The predicted molar refractivity (Wildman–Crippen MR) is 88.6 cm³/mol. The zero-order valence-corrected chi connectivity index (χ0v) is 16.1. The van der Waals surface area contributed by atoms with Gasteiger partial charge in [0.2, 0.25) is 5.91 Å². The van der Waals surface area contributed by atoms with Gasteiger partial charge in [0.15, 0.2) is 0 Å². The van der Waals surface area contributed by atoms with Gasteiger partial charge in [0.25, 0.3) is 5.79 Å². The lowest BCUT2D eigenvalue weighted by Gasteiger charge is -2.41. The van der Waals surface area contributed by atoms with Gasteiger partial charge in [-0.15, -0.1) is 23.4 Å². The Kier molecular flexibility index (Phi) is 5.03. The Hall–Kier alpha value is -1.15. The van der Waals surface area contributed by atoms with Crippen LogP contribution in [0.3, 0.4) is 0 Å². The molecule has 9 heteroatoms. The number of rotatable bonds is 4. The third kappa shape index (κ3) is 3.59. The third-order valence-corrected chi connectivity index (χ3v) is 5.75. The average molecular weight is 380 g/mol. The fraction of sp³-hybridized carbons (Fsp3) is 0.800. The normalized spacial score (nSPS) is 28.2. The van der Waals surface area contributed by atoms with E-state index in [1.165, 1.54) is 30.5 Å². The highest BCUT2D eigenvalue weighted by molar-refractivity contribution is 8.01. The fourth-order valence-corrected chi connectivity index (χ4v) is 4.61. The van der Waals surface area contributed by atoms with Crippen molar-refractivity contribution in [3.05, 3.63) is 0 Å². The third-order valence-electron chi connectivity index (χ3n) is 3.61. The van der Waals surface area contributed by atoms with Gasteiger partial charge >= 0.3 is 12.1 Å². The Labute approximate surface area is 150 Å². The Morgan fingerprint density at radius 1 is 1.29 bits per heavy atom. The van der Waals surface area contributed by atoms with Crippen molar-refractivity contribution in [1.82, 2.24) is 4.90 Å². The Morgan fingerprint density at radius 2 is 1.88 bits per heavy atom. The maximum Gasteiger partial charge on any atom is 0.511 e. The van der Waals surface area contributed by atoms with E-state index in [1.807, 2.05) is 13.8 Å². The molecule has 3 atom stereocenters. The van der Waals surface area contributed by atoms with Crippen LogP contribution in [0, 0.1) is 0 Å². The first-order valence-corrected chi connectivity index (χ1v) is 8.94. The first-order valence-electron chi connectivity index (χ1n) is 7.62. The predicted octanol–water partition coefficient (Wildman–Crippen LogP) is 2.50. The molecule has 2 aliphatic rings. The quantitative estimate of drug-likeness (QED) is 0.321. The van der Waals surface area contributed by atoms with Crippen LogP contribution in [-0.2, 0) is 23.8 Å². The average Bonchev–Trinajstić information content (AvgIpc) is 2.64. The molecule has 2 rings (SSSR count). The molecule has 0 radical (unpaired) electrons. The molecule has 0 spiro atoms. The number of amides is 1. The minimum absolute atomic E-state index is 0.248. The van der Waals surface area contributed by atoms with Crippen molar-refractivity contribution in [3.8, 4) is 0 Å². The van der Waals surface area contributed by atoms with Gasteiger partial charge in [-0.3, -0.25) is 4.79 Å². The summed E-state index contributed by atoms with van der Waals surface area (Å²) in [6.07, 6.45) is -1.28. The Morgan fingerprint density at radius 3 is 2.42 bits per heavy atom. The summed E-state index contributed by atoms with van der Waals surface area (Å²) >= 11 is 7.45. The highest BCUT2D eigenvalue weighted by Crippen LogP contribution is 2.52. The van der Waals surface area contributed by atoms with Crippen molar-refractivity contribution < 1.29 is 28.6 Å². The van der Waals surface area contributed by atoms with Crippen molar-refractivity contribution in [2.45, 2.75) is 75.0 Å². The van der Waals surface area contributed by atoms with E-state index in [0.29, 0.717) is 0 Å². The monoisotopic (exact) mass is 379 g/mol. The van der Waals surface area contributed by atoms with Gasteiger partial charge in [-0.2, -0.15) is 0 Å². The van der Waals surface area contributed by atoms with Crippen molar-refractivity contribution in [2.75, 3.05) is 0 Å². The van der Waals surface area contributed by atoms with E-state index in [1.54, 1.807) is 13.8 Å². The number of fused-ring (bicyclic) bond motifs is 1. The summed E-state index contributed by atoms with van der Waals surface area (Å²) in [5.41, 5.74) is 0. The van der Waals surface area contributed by atoms with Gasteiger partial charge in [0, 0.05) is 18.6 Å². The highest BCUT2D eigenvalue weighted by Gasteiger charge is 2.64. The molecule has 0 N–H and O–H groups in total. The zero-order chi connectivity index (χ0) is 18.4. The number of alkyl halides is 1. The van der Waals surface area contributed by atoms with Gasteiger partial charge in [-0.1, -0.05) is 0 Å². The van der Waals surface area contributed by atoms with E-state index in [4.69, 9.17) is 25.8 Å². The molecule has 2 saturated heterocycles. The SMILES string of the molecule is CC(C)OC(=O)OC(C)(C)OC(=O)[C@@H]1N2C(=O)[C@@H](Cl)[C@H]2SC1(C)C. The second kappa shape index (κ2) is 6.29. The van der Waals surface area contributed by atoms with Gasteiger partial charge in [0.05, 0.1) is 6.10 Å². The number of ether oxygens (including phenoxy) is 3. The molecule has 0 aromatic heterocycles. The number of carbonyl (C=O) groups excluding carboxylic acids is 3. The van der Waals surface area contributed by atoms with Crippen LogP contribution in [0.1, 0.15) is 41.5 Å². The standard InChI is InChI=1S/C15H22ClNO6S/c1-7(2)21-13(20)23-15(5,6)22-12(19)9-14(3,4)24-11-8(16)10(18)17(9)11/h7-9,11H,1-6H3/t8-,9+,11-/m1/s1. The number of hydrogen-bond acceptors (Lipinski definition) is 7. The summed E-state index contributed by atoms with van der Waals surface area (Å²) < 4.78 is 14.7. The van der Waals surface area contributed by atoms with Gasteiger partial charge < -0.3 is 19.1 Å². The first-order chi connectivity index (χ1) is 10.9. The molecule has 0 aromatic carbocycles. The lowest BCUT2D eigenvalue weighted by molar-refractivity contribution is -0.208. The van der Waals surface area contributed by atoms with E-state index >= 15 is 0 Å². The molecule has 2 heterocycles. The van der Waals surface area contributed by atoms with E-state index in [0.717, 1.165) is 0 Å². The molecule has 0 bridgehead atoms. The topological polar surface area (TPSA) is 82.1 Å². The van der Waals surface area contributed by atoms with Crippen LogP contribution >= 0.6 is 23.4 Å². The van der Waals surface area contributed by atoms with Crippen LogP contribution < -0.4 is 0 Å². The second-order valence-corrected chi connectivity index (χ2v) is 9.24. The van der Waals surface area contributed by atoms with Crippen molar-refractivity contribution >= 4 is 41.4 Å². The molecule has 2 aliphatic heterocycles. The molecule has 0 aromatic rings. The molecule has 2 fully saturated rings.